The topological polar surface area (TPSA) is 72.5 Å². The van der Waals surface area contributed by atoms with E-state index in [4.69, 9.17) is 16.3 Å². The number of ether oxygens (including phenoxy) is 1. The van der Waals surface area contributed by atoms with Gasteiger partial charge in [0.1, 0.15) is 18.1 Å². The van der Waals surface area contributed by atoms with Crippen molar-refractivity contribution in [3.63, 3.8) is 0 Å². The van der Waals surface area contributed by atoms with Gasteiger partial charge in [-0.25, -0.2) is 8.42 Å². The molecular formula is C22H20ClNO4S. The first-order valence-electron chi connectivity index (χ1n) is 8.93. The van der Waals surface area contributed by atoms with Crippen LogP contribution in [0.3, 0.4) is 0 Å². The van der Waals surface area contributed by atoms with E-state index in [1.165, 1.54) is 24.3 Å². The molecule has 7 heteroatoms. The molecule has 3 rings (SSSR count). The van der Waals surface area contributed by atoms with E-state index in [-0.39, 0.29) is 11.4 Å². The zero-order valence-electron chi connectivity index (χ0n) is 15.5. The number of rotatable bonds is 8. The zero-order chi connectivity index (χ0) is 20.7. The molecule has 3 aromatic rings. The number of halogens is 1. The predicted octanol–water partition coefficient (Wildman–Crippen LogP) is 4.01. The third kappa shape index (κ3) is 6.34. The molecule has 5 nitrogen and oxygen atoms in total. The fourth-order valence-electron chi connectivity index (χ4n) is 2.64. The van der Waals surface area contributed by atoms with Crippen LogP contribution in [0.5, 0.6) is 5.75 Å². The highest BCUT2D eigenvalue weighted by molar-refractivity contribution is 7.92. The van der Waals surface area contributed by atoms with Crippen molar-refractivity contribution in [2.45, 2.75) is 18.0 Å². The summed E-state index contributed by atoms with van der Waals surface area (Å²) in [6, 6.07) is 22.8. The van der Waals surface area contributed by atoms with Gasteiger partial charge in [0.05, 0.1) is 4.90 Å². The summed E-state index contributed by atoms with van der Waals surface area (Å²) in [5.74, 6) is -0.524. The third-order valence-electron chi connectivity index (χ3n) is 4.13. The molecule has 29 heavy (non-hydrogen) atoms. The molecule has 0 aliphatic carbocycles. The minimum atomic E-state index is -3.72. The maximum atomic E-state index is 12.3. The molecule has 1 N–H and O–H groups in total. The molecule has 1 amide bonds. The highest BCUT2D eigenvalue weighted by Crippen LogP contribution is 2.17. The molecule has 0 saturated carbocycles. The molecule has 0 bridgehead atoms. The summed E-state index contributed by atoms with van der Waals surface area (Å²) in [7, 11) is -3.72. The Morgan fingerprint density at radius 1 is 0.897 bits per heavy atom. The van der Waals surface area contributed by atoms with E-state index in [2.05, 4.69) is 5.32 Å². The highest BCUT2D eigenvalue weighted by atomic mass is 35.5. The first kappa shape index (κ1) is 20.9. The number of hydrogen-bond acceptors (Lipinski definition) is 4. The fraction of sp³-hybridized carbons (Fsp3) is 0.136. The zero-order valence-corrected chi connectivity index (χ0v) is 17.1. The Labute approximate surface area is 175 Å². The second-order valence-electron chi connectivity index (χ2n) is 6.41. The van der Waals surface area contributed by atoms with E-state index in [0.717, 1.165) is 11.1 Å². The summed E-state index contributed by atoms with van der Waals surface area (Å²) in [4.78, 5) is 12.2. The number of hydrogen-bond donors (Lipinski definition) is 1. The van der Waals surface area contributed by atoms with Crippen molar-refractivity contribution < 1.29 is 17.9 Å². The van der Waals surface area contributed by atoms with Crippen molar-refractivity contribution in [1.82, 2.24) is 5.32 Å². The Kier molecular flexibility index (Phi) is 6.90. The van der Waals surface area contributed by atoms with Gasteiger partial charge in [-0.2, -0.15) is 0 Å². The first-order chi connectivity index (χ1) is 13.9. The lowest BCUT2D eigenvalue weighted by molar-refractivity contribution is -0.118. The normalized spacial score (nSPS) is 11.1. The number of carbonyl (C=O) groups is 1. The molecular weight excluding hydrogens is 410 g/mol. The van der Waals surface area contributed by atoms with Gasteiger partial charge in [-0.1, -0.05) is 54.1 Å². The fourth-order valence-corrected chi connectivity index (χ4v) is 3.93. The van der Waals surface area contributed by atoms with Crippen LogP contribution in [0.4, 0.5) is 0 Å². The largest absolute Gasteiger partial charge is 0.489 e. The second kappa shape index (κ2) is 9.58. The summed E-state index contributed by atoms with van der Waals surface area (Å²) in [6.45, 7) is 0.646. The Morgan fingerprint density at radius 2 is 1.59 bits per heavy atom. The average Bonchev–Trinajstić information content (AvgIpc) is 2.72. The molecule has 0 atom stereocenters. The van der Waals surface area contributed by atoms with Crippen LogP contribution in [0.2, 0.25) is 5.02 Å². The van der Waals surface area contributed by atoms with Gasteiger partial charge in [0, 0.05) is 11.6 Å². The van der Waals surface area contributed by atoms with Crippen LogP contribution in [0.25, 0.3) is 0 Å². The lowest BCUT2D eigenvalue weighted by atomic mass is 10.2. The number of carbonyl (C=O) groups excluding carboxylic acids is 1. The molecule has 0 aliphatic heterocycles. The van der Waals surface area contributed by atoms with Gasteiger partial charge < -0.3 is 10.1 Å². The Bertz CT molecular complexity index is 1070. The van der Waals surface area contributed by atoms with Gasteiger partial charge in [0.25, 0.3) is 0 Å². The van der Waals surface area contributed by atoms with E-state index in [1.54, 1.807) is 0 Å². The van der Waals surface area contributed by atoms with Crippen molar-refractivity contribution in [2.24, 2.45) is 0 Å². The molecule has 3 aromatic carbocycles. The van der Waals surface area contributed by atoms with Crippen LogP contribution in [0.15, 0.2) is 83.8 Å². The number of sulfone groups is 1. The second-order valence-corrected chi connectivity index (χ2v) is 8.84. The van der Waals surface area contributed by atoms with Gasteiger partial charge in [-0.05, 0) is 47.5 Å². The van der Waals surface area contributed by atoms with Crippen molar-refractivity contribution >= 4 is 27.3 Å². The number of amides is 1. The van der Waals surface area contributed by atoms with Gasteiger partial charge >= 0.3 is 0 Å². The minimum absolute atomic E-state index is 0.0633. The van der Waals surface area contributed by atoms with E-state index in [1.807, 2.05) is 54.6 Å². The molecule has 0 radical (unpaired) electrons. The molecule has 0 unspecified atom stereocenters. The van der Waals surface area contributed by atoms with Crippen molar-refractivity contribution in [3.8, 4) is 5.75 Å². The van der Waals surface area contributed by atoms with Crippen molar-refractivity contribution in [2.75, 3.05) is 5.75 Å². The molecule has 0 fully saturated rings. The third-order valence-corrected chi connectivity index (χ3v) is 6.01. The quantitative estimate of drug-likeness (QED) is 0.587. The highest BCUT2D eigenvalue weighted by Gasteiger charge is 2.19. The van der Waals surface area contributed by atoms with Crippen LogP contribution in [-0.4, -0.2) is 20.1 Å². The Morgan fingerprint density at radius 3 is 2.31 bits per heavy atom. The lowest BCUT2D eigenvalue weighted by Gasteiger charge is -2.10. The maximum absolute atomic E-state index is 12.3. The van der Waals surface area contributed by atoms with Crippen LogP contribution < -0.4 is 10.1 Å². The van der Waals surface area contributed by atoms with Gasteiger partial charge in [0.15, 0.2) is 9.84 Å². The maximum Gasteiger partial charge on any atom is 0.235 e. The first-order valence-corrected chi connectivity index (χ1v) is 11.0. The van der Waals surface area contributed by atoms with Crippen molar-refractivity contribution in [1.29, 1.82) is 0 Å². The average molecular weight is 430 g/mol. The van der Waals surface area contributed by atoms with Crippen LogP contribution in [0.1, 0.15) is 11.1 Å². The van der Waals surface area contributed by atoms with E-state index in [0.29, 0.717) is 17.4 Å². The SMILES string of the molecule is O=C(CS(=O)(=O)c1ccc(Cl)cc1)NCc1cccc(OCc2ccccc2)c1. The minimum Gasteiger partial charge on any atom is -0.489 e. The lowest BCUT2D eigenvalue weighted by Crippen LogP contribution is -2.29. The molecule has 0 saturated heterocycles. The predicted molar refractivity (Wildman–Crippen MR) is 113 cm³/mol. The molecule has 0 spiro atoms. The van der Waals surface area contributed by atoms with E-state index >= 15 is 0 Å². The standard InChI is InChI=1S/C22H20ClNO4S/c23-19-9-11-21(12-10-19)29(26,27)16-22(25)24-14-18-7-4-8-20(13-18)28-15-17-5-2-1-3-6-17/h1-13H,14-16H2,(H,24,25). The van der Waals surface area contributed by atoms with Crippen LogP contribution in [0, 0.1) is 0 Å². The number of benzene rings is 3. The smallest absolute Gasteiger partial charge is 0.235 e. The van der Waals surface area contributed by atoms with Crippen molar-refractivity contribution in [3.05, 3.63) is 95.0 Å². The number of nitrogens with one attached hydrogen (secondary N) is 1. The van der Waals surface area contributed by atoms with Gasteiger partial charge in [-0.3, -0.25) is 4.79 Å². The van der Waals surface area contributed by atoms with Gasteiger partial charge in [-0.15, -0.1) is 0 Å². The van der Waals surface area contributed by atoms with Crippen LogP contribution in [-0.2, 0) is 27.8 Å². The Balaban J connectivity index is 1.54. The summed E-state index contributed by atoms with van der Waals surface area (Å²) in [5.41, 5.74) is 1.87. The molecule has 0 aliphatic rings. The Hall–Kier alpha value is -2.83. The monoisotopic (exact) mass is 429 g/mol. The summed E-state index contributed by atoms with van der Waals surface area (Å²) >= 11 is 5.77. The molecule has 150 valence electrons. The molecule has 0 aromatic heterocycles. The van der Waals surface area contributed by atoms with Gasteiger partial charge in [0.2, 0.25) is 5.91 Å². The van der Waals surface area contributed by atoms with E-state index in [9.17, 15) is 13.2 Å². The molecule has 0 heterocycles. The van der Waals surface area contributed by atoms with E-state index < -0.39 is 21.5 Å². The summed E-state index contributed by atoms with van der Waals surface area (Å²) < 4.78 is 30.4. The summed E-state index contributed by atoms with van der Waals surface area (Å²) in [6.07, 6.45) is 0. The summed E-state index contributed by atoms with van der Waals surface area (Å²) in [5, 5.41) is 3.07. The van der Waals surface area contributed by atoms with Crippen LogP contribution >= 0.6 is 11.6 Å².